The van der Waals surface area contributed by atoms with E-state index in [0.717, 1.165) is 11.3 Å². The van der Waals surface area contributed by atoms with Crippen molar-refractivity contribution in [2.24, 2.45) is 5.92 Å². The summed E-state index contributed by atoms with van der Waals surface area (Å²) in [6, 6.07) is 12.5. The third-order valence-corrected chi connectivity index (χ3v) is 7.95. The van der Waals surface area contributed by atoms with Gasteiger partial charge >= 0.3 is 0 Å². The summed E-state index contributed by atoms with van der Waals surface area (Å²) in [7, 11) is -2.22. The van der Waals surface area contributed by atoms with Crippen molar-refractivity contribution in [3.05, 3.63) is 59.5 Å². The Labute approximate surface area is 199 Å². The number of hydrogen-bond acceptors (Lipinski definition) is 7. The minimum atomic E-state index is -3.81. The summed E-state index contributed by atoms with van der Waals surface area (Å²) < 4.78 is 38.7. The molecule has 3 aromatic rings. The van der Waals surface area contributed by atoms with Gasteiger partial charge in [-0.2, -0.15) is 9.29 Å². The third kappa shape index (κ3) is 5.13. The van der Waals surface area contributed by atoms with Crippen LogP contribution in [0.1, 0.15) is 29.9 Å². The van der Waals surface area contributed by atoms with Crippen LogP contribution in [0.2, 0.25) is 0 Å². The zero-order valence-electron chi connectivity index (χ0n) is 19.4. The summed E-state index contributed by atoms with van der Waals surface area (Å²) in [5.74, 6) is 0.879. The predicted molar refractivity (Wildman–Crippen MR) is 126 cm³/mol. The first-order chi connectivity index (χ1) is 16.3. The van der Waals surface area contributed by atoms with Crippen LogP contribution < -0.4 is 10.1 Å². The Kier molecular flexibility index (Phi) is 6.99. The van der Waals surface area contributed by atoms with Crippen molar-refractivity contribution in [2.45, 2.75) is 38.1 Å². The number of benzene rings is 2. The van der Waals surface area contributed by atoms with Crippen LogP contribution in [0.3, 0.4) is 0 Å². The van der Waals surface area contributed by atoms with Crippen LogP contribution in [-0.2, 0) is 21.4 Å². The molecule has 0 unspecified atom stereocenters. The van der Waals surface area contributed by atoms with E-state index in [2.05, 4.69) is 15.5 Å². The molecule has 1 aromatic heterocycles. The number of hydrogen-bond donors (Lipinski definition) is 1. The molecule has 2 heterocycles. The van der Waals surface area contributed by atoms with Crippen LogP contribution in [0.4, 0.5) is 0 Å². The third-order valence-electron chi connectivity index (χ3n) is 5.95. The Morgan fingerprint density at radius 2 is 2.06 bits per heavy atom. The molecule has 34 heavy (non-hydrogen) atoms. The van der Waals surface area contributed by atoms with E-state index >= 15 is 0 Å². The first-order valence-electron chi connectivity index (χ1n) is 11.1. The molecule has 0 bridgehead atoms. The molecular formula is C24H28N4O5S. The number of rotatable bonds is 7. The number of amides is 1. The van der Waals surface area contributed by atoms with Crippen molar-refractivity contribution in [2.75, 3.05) is 20.2 Å². The lowest BCUT2D eigenvalue weighted by molar-refractivity contribution is -0.126. The van der Waals surface area contributed by atoms with E-state index in [-0.39, 0.29) is 17.3 Å². The van der Waals surface area contributed by atoms with Gasteiger partial charge in [0.25, 0.3) is 0 Å². The van der Waals surface area contributed by atoms with Gasteiger partial charge in [0.15, 0.2) is 0 Å². The lowest BCUT2D eigenvalue weighted by Crippen LogP contribution is -2.45. The molecular weight excluding hydrogens is 456 g/mol. The predicted octanol–water partition coefficient (Wildman–Crippen LogP) is 3.08. The molecule has 180 valence electrons. The summed E-state index contributed by atoms with van der Waals surface area (Å²) in [6.07, 6.45) is 1.25. The second-order valence-corrected chi connectivity index (χ2v) is 10.3. The van der Waals surface area contributed by atoms with Gasteiger partial charge in [-0.25, -0.2) is 8.42 Å². The van der Waals surface area contributed by atoms with Crippen LogP contribution in [0, 0.1) is 19.8 Å². The number of aryl methyl sites for hydroxylation is 2. The molecule has 0 radical (unpaired) electrons. The highest BCUT2D eigenvalue weighted by atomic mass is 32.2. The standard InChI is InChI=1S/C24H28N4O5S/c1-16-9-10-19(23-26-17(2)33-27-23)13-22(16)34(30,31)28-11-5-7-20(15-28)24(29)25-14-18-6-4-8-21(12-18)32-3/h4,6,8-10,12-13,20H,5,7,11,14-15H2,1-3H3,(H,25,29)/t20-/m0/s1. The summed E-state index contributed by atoms with van der Waals surface area (Å²) >= 11 is 0. The second-order valence-electron chi connectivity index (χ2n) is 8.39. The number of nitrogens with zero attached hydrogens (tertiary/aromatic N) is 3. The van der Waals surface area contributed by atoms with Crippen LogP contribution in [-0.4, -0.2) is 49.0 Å². The molecule has 0 aliphatic carbocycles. The average molecular weight is 485 g/mol. The number of ether oxygens (including phenoxy) is 1. The van der Waals surface area contributed by atoms with Crippen LogP contribution >= 0.6 is 0 Å². The summed E-state index contributed by atoms with van der Waals surface area (Å²) in [4.78, 5) is 17.2. The van der Waals surface area contributed by atoms with Gasteiger partial charge in [0.1, 0.15) is 5.75 Å². The molecule has 0 spiro atoms. The number of carbonyl (C=O) groups is 1. The van der Waals surface area contributed by atoms with E-state index < -0.39 is 15.9 Å². The zero-order valence-corrected chi connectivity index (χ0v) is 20.3. The van der Waals surface area contributed by atoms with Gasteiger partial charge in [0.05, 0.1) is 17.9 Å². The van der Waals surface area contributed by atoms with E-state index in [1.54, 1.807) is 39.2 Å². The van der Waals surface area contributed by atoms with Crippen molar-refractivity contribution in [3.63, 3.8) is 0 Å². The quantitative estimate of drug-likeness (QED) is 0.548. The molecule has 2 aromatic carbocycles. The van der Waals surface area contributed by atoms with Gasteiger partial charge in [-0.15, -0.1) is 0 Å². The van der Waals surface area contributed by atoms with Crippen LogP contribution in [0.25, 0.3) is 11.4 Å². The van der Waals surface area contributed by atoms with Gasteiger partial charge in [0.2, 0.25) is 27.6 Å². The van der Waals surface area contributed by atoms with Crippen molar-refractivity contribution < 1.29 is 22.5 Å². The van der Waals surface area contributed by atoms with Crippen molar-refractivity contribution in [1.82, 2.24) is 19.8 Å². The Morgan fingerprint density at radius 3 is 2.79 bits per heavy atom. The van der Waals surface area contributed by atoms with E-state index in [4.69, 9.17) is 9.26 Å². The molecule has 1 N–H and O–H groups in total. The molecule has 1 aliphatic rings. The van der Waals surface area contributed by atoms with Crippen LogP contribution in [0.5, 0.6) is 5.75 Å². The number of sulfonamides is 1. The maximum absolute atomic E-state index is 13.5. The Hall–Kier alpha value is -3.24. The Bertz CT molecular complexity index is 1290. The van der Waals surface area contributed by atoms with Gasteiger partial charge in [0, 0.05) is 32.1 Å². The maximum Gasteiger partial charge on any atom is 0.243 e. The number of nitrogens with one attached hydrogen (secondary N) is 1. The fourth-order valence-corrected chi connectivity index (χ4v) is 5.84. The van der Waals surface area contributed by atoms with Crippen molar-refractivity contribution in [3.8, 4) is 17.1 Å². The van der Waals surface area contributed by atoms with Crippen molar-refractivity contribution in [1.29, 1.82) is 0 Å². The number of aromatic nitrogens is 2. The lowest BCUT2D eigenvalue weighted by atomic mass is 9.99. The summed E-state index contributed by atoms with van der Waals surface area (Å²) in [6.45, 7) is 4.28. The van der Waals surface area contributed by atoms with Gasteiger partial charge in [-0.1, -0.05) is 29.4 Å². The number of piperidine rings is 1. The minimum Gasteiger partial charge on any atom is -0.497 e. The summed E-state index contributed by atoms with van der Waals surface area (Å²) in [5, 5.41) is 6.82. The zero-order chi connectivity index (χ0) is 24.3. The van der Waals surface area contributed by atoms with Crippen molar-refractivity contribution >= 4 is 15.9 Å². The highest BCUT2D eigenvalue weighted by Gasteiger charge is 2.34. The number of carbonyl (C=O) groups excluding carboxylic acids is 1. The highest BCUT2D eigenvalue weighted by Crippen LogP contribution is 2.29. The molecule has 9 nitrogen and oxygen atoms in total. The molecule has 1 fully saturated rings. The molecule has 4 rings (SSSR count). The topological polar surface area (TPSA) is 115 Å². The molecule has 1 amide bonds. The van der Waals surface area contributed by atoms with Gasteiger partial charge < -0.3 is 14.6 Å². The first kappa shape index (κ1) is 23.9. The maximum atomic E-state index is 13.5. The van der Waals surface area contributed by atoms with Crippen LogP contribution in [0.15, 0.2) is 51.9 Å². The molecule has 1 aliphatic heterocycles. The Balaban J connectivity index is 1.48. The molecule has 1 saturated heterocycles. The van der Waals surface area contributed by atoms with E-state index in [1.165, 1.54) is 4.31 Å². The largest absolute Gasteiger partial charge is 0.497 e. The fraction of sp³-hybridized carbons (Fsp3) is 0.375. The first-order valence-corrected chi connectivity index (χ1v) is 12.5. The van der Waals surface area contributed by atoms with Gasteiger partial charge in [-0.05, 0) is 49.1 Å². The monoisotopic (exact) mass is 484 g/mol. The summed E-state index contributed by atoms with van der Waals surface area (Å²) in [5.41, 5.74) is 2.09. The molecule has 1 atom stereocenters. The van der Waals surface area contributed by atoms with E-state index in [1.807, 2.05) is 24.3 Å². The number of methoxy groups -OCH3 is 1. The molecule has 0 saturated carbocycles. The second kappa shape index (κ2) is 9.94. The fourth-order valence-electron chi connectivity index (χ4n) is 4.06. The minimum absolute atomic E-state index is 0.136. The highest BCUT2D eigenvalue weighted by molar-refractivity contribution is 7.89. The SMILES string of the molecule is COc1cccc(CNC(=O)[C@H]2CCCN(S(=O)(=O)c3cc(-c4noc(C)n4)ccc3C)C2)c1. The Morgan fingerprint density at radius 1 is 1.24 bits per heavy atom. The van der Waals surface area contributed by atoms with Gasteiger partial charge in [-0.3, -0.25) is 4.79 Å². The lowest BCUT2D eigenvalue weighted by Gasteiger charge is -2.31. The van der Waals surface area contributed by atoms with E-state index in [9.17, 15) is 13.2 Å². The average Bonchev–Trinajstić information content (AvgIpc) is 3.29. The molecule has 10 heteroatoms. The smallest absolute Gasteiger partial charge is 0.243 e. The van der Waals surface area contributed by atoms with E-state index in [0.29, 0.717) is 48.8 Å². The normalized spacial score (nSPS) is 16.9.